The molecule has 0 bridgehead atoms. The molecule has 0 aliphatic rings. The first kappa shape index (κ1) is 37.5. The van der Waals surface area contributed by atoms with Gasteiger partial charge in [-0.3, -0.25) is 0 Å². The van der Waals surface area contributed by atoms with E-state index >= 15 is 0 Å². The highest BCUT2D eigenvalue weighted by molar-refractivity contribution is 5.91. The van der Waals surface area contributed by atoms with Gasteiger partial charge < -0.3 is 9.84 Å². The molecule has 0 amide bonds. The molecule has 0 radical (unpaired) electrons. The predicted molar refractivity (Wildman–Crippen MR) is 179 cm³/mol. The van der Waals surface area contributed by atoms with Crippen molar-refractivity contribution in [1.29, 1.82) is 0 Å². The minimum atomic E-state index is -0.895. The van der Waals surface area contributed by atoms with Gasteiger partial charge in [0.25, 0.3) is 0 Å². The maximum atomic E-state index is 11.7. The summed E-state index contributed by atoms with van der Waals surface area (Å²) >= 11 is 0. The number of aryl methyl sites for hydroxylation is 1. The van der Waals surface area contributed by atoms with Crippen molar-refractivity contribution < 1.29 is 14.6 Å². The van der Waals surface area contributed by atoms with E-state index in [1.165, 1.54) is 173 Å². The lowest BCUT2D eigenvalue weighted by atomic mass is 10.0. The standard InChI is InChI=1S/C38H68O3/c1-3-5-7-9-11-13-15-17-19-21-23-25-27-29-33-41-37-34-35(31-32-36(37)38(39)40)30-28-26-24-22-20-18-16-14-12-10-8-6-4-2/h31-32,34H,3-30,33H2,1-2H3,(H,39,40). The van der Waals surface area contributed by atoms with E-state index < -0.39 is 5.97 Å². The van der Waals surface area contributed by atoms with Gasteiger partial charge in [0, 0.05) is 0 Å². The smallest absolute Gasteiger partial charge is 0.339 e. The molecule has 0 fully saturated rings. The van der Waals surface area contributed by atoms with Crippen molar-refractivity contribution in [3.63, 3.8) is 0 Å². The fourth-order valence-corrected chi connectivity index (χ4v) is 5.84. The Morgan fingerprint density at radius 2 is 0.902 bits per heavy atom. The summed E-state index contributed by atoms with van der Waals surface area (Å²) < 4.78 is 5.98. The number of hydrogen-bond donors (Lipinski definition) is 1. The first-order valence-electron chi connectivity index (χ1n) is 18.2. The quantitative estimate of drug-likeness (QED) is 0.0900. The third-order valence-corrected chi connectivity index (χ3v) is 8.60. The largest absolute Gasteiger partial charge is 0.493 e. The minimum absolute atomic E-state index is 0.296. The van der Waals surface area contributed by atoms with Crippen LogP contribution in [-0.2, 0) is 6.42 Å². The summed E-state index contributed by atoms with van der Waals surface area (Å²) in [6, 6.07) is 5.69. The molecule has 0 aromatic heterocycles. The van der Waals surface area contributed by atoms with Crippen LogP contribution in [0.15, 0.2) is 18.2 Å². The molecule has 0 aliphatic carbocycles. The third kappa shape index (κ3) is 22.7. The van der Waals surface area contributed by atoms with E-state index in [1.807, 2.05) is 12.1 Å². The maximum absolute atomic E-state index is 11.7. The Labute approximate surface area is 255 Å². The van der Waals surface area contributed by atoms with Crippen LogP contribution in [0.4, 0.5) is 0 Å². The number of ether oxygens (including phenoxy) is 1. The molecule has 0 spiro atoms. The Hall–Kier alpha value is -1.51. The van der Waals surface area contributed by atoms with Gasteiger partial charge >= 0.3 is 5.97 Å². The summed E-state index contributed by atoms with van der Waals surface area (Å²) in [5.74, 6) is -0.340. The summed E-state index contributed by atoms with van der Waals surface area (Å²) in [7, 11) is 0. The zero-order valence-electron chi connectivity index (χ0n) is 27.5. The second kappa shape index (κ2) is 28.6. The molecule has 3 heteroatoms. The second-order valence-corrected chi connectivity index (χ2v) is 12.6. The van der Waals surface area contributed by atoms with Gasteiger partial charge in [-0.2, -0.15) is 0 Å². The van der Waals surface area contributed by atoms with Crippen molar-refractivity contribution in [3.8, 4) is 5.75 Å². The van der Waals surface area contributed by atoms with E-state index in [4.69, 9.17) is 4.74 Å². The Kier molecular flexibility index (Phi) is 26.2. The van der Waals surface area contributed by atoms with Gasteiger partial charge in [-0.15, -0.1) is 0 Å². The Bertz CT molecular complexity index is 713. The van der Waals surface area contributed by atoms with Crippen molar-refractivity contribution in [2.24, 2.45) is 0 Å². The van der Waals surface area contributed by atoms with Crippen LogP contribution in [0.1, 0.15) is 203 Å². The summed E-state index contributed by atoms with van der Waals surface area (Å²) in [4.78, 5) is 11.7. The molecule has 3 nitrogen and oxygen atoms in total. The van der Waals surface area contributed by atoms with Crippen molar-refractivity contribution in [2.75, 3.05) is 6.61 Å². The fourth-order valence-electron chi connectivity index (χ4n) is 5.84. The number of carboxylic acids is 1. The van der Waals surface area contributed by atoms with E-state index in [9.17, 15) is 9.90 Å². The molecule has 1 aromatic rings. The second-order valence-electron chi connectivity index (χ2n) is 12.6. The maximum Gasteiger partial charge on any atom is 0.339 e. The zero-order valence-corrected chi connectivity index (χ0v) is 27.5. The Morgan fingerprint density at radius 1 is 0.537 bits per heavy atom. The van der Waals surface area contributed by atoms with Crippen LogP contribution in [0.2, 0.25) is 0 Å². The number of rotatable bonds is 31. The van der Waals surface area contributed by atoms with E-state index in [0.717, 1.165) is 12.8 Å². The molecule has 0 saturated heterocycles. The lowest BCUT2D eigenvalue weighted by Gasteiger charge is -2.11. The van der Waals surface area contributed by atoms with Gasteiger partial charge in [0.15, 0.2) is 0 Å². The normalized spacial score (nSPS) is 11.3. The third-order valence-electron chi connectivity index (χ3n) is 8.60. The zero-order chi connectivity index (χ0) is 29.6. The van der Waals surface area contributed by atoms with Crippen molar-refractivity contribution in [3.05, 3.63) is 29.3 Å². The molecular formula is C38H68O3. The number of unbranched alkanes of at least 4 members (excludes halogenated alkanes) is 25. The van der Waals surface area contributed by atoms with Crippen LogP contribution < -0.4 is 4.74 Å². The fraction of sp³-hybridized carbons (Fsp3) is 0.816. The molecular weight excluding hydrogens is 504 g/mol. The molecule has 0 unspecified atom stereocenters. The van der Waals surface area contributed by atoms with Gasteiger partial charge in [-0.25, -0.2) is 4.79 Å². The van der Waals surface area contributed by atoms with Gasteiger partial charge in [0.1, 0.15) is 11.3 Å². The summed E-state index contributed by atoms with van der Waals surface area (Å²) in [6.07, 6.45) is 37.4. The Morgan fingerprint density at radius 3 is 1.29 bits per heavy atom. The number of carboxylic acid groups (broad SMARTS) is 1. The molecule has 0 aliphatic heterocycles. The summed E-state index contributed by atoms with van der Waals surface area (Å²) in [5.41, 5.74) is 1.50. The number of benzene rings is 1. The van der Waals surface area contributed by atoms with Crippen molar-refractivity contribution >= 4 is 5.97 Å². The van der Waals surface area contributed by atoms with Crippen LogP contribution in [0.3, 0.4) is 0 Å². The number of hydrogen-bond acceptors (Lipinski definition) is 2. The monoisotopic (exact) mass is 573 g/mol. The average Bonchev–Trinajstić information content (AvgIpc) is 2.97. The van der Waals surface area contributed by atoms with Gasteiger partial charge in [0.2, 0.25) is 0 Å². The topological polar surface area (TPSA) is 46.5 Å². The molecule has 1 N–H and O–H groups in total. The highest BCUT2D eigenvalue weighted by Crippen LogP contribution is 2.23. The molecule has 1 rings (SSSR count). The minimum Gasteiger partial charge on any atom is -0.493 e. The van der Waals surface area contributed by atoms with Crippen LogP contribution in [0.5, 0.6) is 5.75 Å². The lowest BCUT2D eigenvalue weighted by molar-refractivity contribution is 0.0692. The molecule has 1 aromatic carbocycles. The molecule has 41 heavy (non-hydrogen) atoms. The van der Waals surface area contributed by atoms with Gasteiger partial charge in [0.05, 0.1) is 6.61 Å². The molecule has 0 saturated carbocycles. The van der Waals surface area contributed by atoms with Crippen molar-refractivity contribution in [1.82, 2.24) is 0 Å². The first-order valence-corrected chi connectivity index (χ1v) is 18.2. The first-order chi connectivity index (χ1) is 20.2. The van der Waals surface area contributed by atoms with Gasteiger partial charge in [-0.05, 0) is 37.0 Å². The van der Waals surface area contributed by atoms with E-state index in [-0.39, 0.29) is 0 Å². The summed E-state index contributed by atoms with van der Waals surface area (Å²) in [6.45, 7) is 5.17. The SMILES string of the molecule is CCCCCCCCCCCCCCCCOc1cc(CCCCCCCCCCCCCCC)ccc1C(=O)O. The average molecular weight is 573 g/mol. The molecule has 0 heterocycles. The predicted octanol–water partition coefficient (Wildman–Crippen LogP) is 12.9. The van der Waals surface area contributed by atoms with Crippen LogP contribution in [0.25, 0.3) is 0 Å². The Balaban J connectivity index is 2.08. The van der Waals surface area contributed by atoms with E-state index in [2.05, 4.69) is 13.8 Å². The van der Waals surface area contributed by atoms with E-state index in [1.54, 1.807) is 6.07 Å². The highest BCUT2D eigenvalue weighted by atomic mass is 16.5. The molecule has 0 atom stereocenters. The van der Waals surface area contributed by atoms with Crippen LogP contribution in [0, 0.1) is 0 Å². The van der Waals surface area contributed by atoms with Gasteiger partial charge in [-0.1, -0.05) is 180 Å². The lowest BCUT2D eigenvalue weighted by Crippen LogP contribution is -2.05. The molecule has 238 valence electrons. The van der Waals surface area contributed by atoms with E-state index in [0.29, 0.717) is 17.9 Å². The number of aromatic carboxylic acids is 1. The van der Waals surface area contributed by atoms with Crippen LogP contribution >= 0.6 is 0 Å². The summed E-state index contributed by atoms with van der Waals surface area (Å²) in [5, 5.41) is 9.60. The van der Waals surface area contributed by atoms with Crippen molar-refractivity contribution in [2.45, 2.75) is 194 Å². The number of carbonyl (C=O) groups is 1. The highest BCUT2D eigenvalue weighted by Gasteiger charge is 2.12. The van der Waals surface area contributed by atoms with Crippen LogP contribution in [-0.4, -0.2) is 17.7 Å².